The third-order valence-electron chi connectivity index (χ3n) is 6.02. The van der Waals surface area contributed by atoms with Crippen LogP contribution in [-0.2, 0) is 6.18 Å². The van der Waals surface area contributed by atoms with Crippen LogP contribution in [-0.4, -0.2) is 35.8 Å². The molecule has 1 saturated heterocycles. The molecule has 2 fully saturated rings. The molecule has 1 aromatic heterocycles. The minimum atomic E-state index is -4.78. The van der Waals surface area contributed by atoms with Crippen LogP contribution in [0.15, 0.2) is 36.5 Å². The second-order valence-corrected chi connectivity index (χ2v) is 8.15. The maximum absolute atomic E-state index is 14.7. The first-order valence-electron chi connectivity index (χ1n) is 9.83. The molecule has 1 spiro atoms. The molecule has 4 rings (SSSR count). The summed E-state index contributed by atoms with van der Waals surface area (Å²) in [5.41, 5.74) is 2.65. The van der Waals surface area contributed by atoms with Gasteiger partial charge in [-0.3, -0.25) is 9.59 Å². The van der Waals surface area contributed by atoms with Crippen LogP contribution in [0.1, 0.15) is 45.5 Å². The third kappa shape index (κ3) is 3.98. The summed E-state index contributed by atoms with van der Waals surface area (Å²) >= 11 is 0. The van der Waals surface area contributed by atoms with Crippen molar-refractivity contribution in [2.75, 3.05) is 23.3 Å². The number of nitrogens with two attached hydrogens (primary N) is 1. The van der Waals surface area contributed by atoms with Gasteiger partial charge in [-0.25, -0.2) is 13.8 Å². The summed E-state index contributed by atoms with van der Waals surface area (Å²) in [6.45, 7) is -0.589. The summed E-state index contributed by atoms with van der Waals surface area (Å²) in [5, 5.41) is 2.39. The lowest BCUT2D eigenvalue weighted by molar-refractivity contribution is -0.137. The fraction of sp³-hybridized carbons (Fsp3) is 0.381. The van der Waals surface area contributed by atoms with Gasteiger partial charge in [0, 0.05) is 29.4 Å². The Morgan fingerprint density at radius 3 is 2.44 bits per heavy atom. The third-order valence-corrected chi connectivity index (χ3v) is 6.02. The zero-order valence-corrected chi connectivity index (χ0v) is 16.7. The van der Waals surface area contributed by atoms with E-state index < -0.39 is 47.0 Å². The second-order valence-electron chi connectivity index (χ2n) is 8.15. The standard InChI is InChI=1S/C21H19F5N4O2/c22-20(23)11-30(7-6-19(20)4-5-19)17-15(9-13(10-28-17)21(24,25)26)18(32)29-14-3-1-2-12(8-14)16(27)31/h1-3,8-10H,4-7,11H2,(H2,27,31)(H,29,32). The van der Waals surface area contributed by atoms with Gasteiger partial charge in [0.1, 0.15) is 5.82 Å². The highest BCUT2D eigenvalue weighted by Crippen LogP contribution is 2.61. The van der Waals surface area contributed by atoms with Crippen molar-refractivity contribution in [3.8, 4) is 0 Å². The van der Waals surface area contributed by atoms with E-state index in [1.165, 1.54) is 24.3 Å². The van der Waals surface area contributed by atoms with E-state index in [4.69, 9.17) is 5.73 Å². The molecule has 1 aliphatic heterocycles. The van der Waals surface area contributed by atoms with Gasteiger partial charge in [0.05, 0.1) is 17.7 Å². The SMILES string of the molecule is NC(=O)c1cccc(NC(=O)c2cc(C(F)(F)F)cnc2N2CCC3(CC3)C(F)(F)C2)c1. The Morgan fingerprint density at radius 1 is 1.12 bits per heavy atom. The van der Waals surface area contributed by atoms with E-state index in [-0.39, 0.29) is 30.0 Å². The van der Waals surface area contributed by atoms with Crippen LogP contribution in [0, 0.1) is 5.41 Å². The highest BCUT2D eigenvalue weighted by atomic mass is 19.4. The average molecular weight is 454 g/mol. The van der Waals surface area contributed by atoms with E-state index in [0.29, 0.717) is 25.1 Å². The summed E-state index contributed by atoms with van der Waals surface area (Å²) in [4.78, 5) is 29.1. The minimum Gasteiger partial charge on any atom is -0.366 e. The maximum atomic E-state index is 14.7. The van der Waals surface area contributed by atoms with Gasteiger partial charge in [-0.15, -0.1) is 0 Å². The normalized spacial score (nSPS) is 19.0. The van der Waals surface area contributed by atoms with Crippen molar-refractivity contribution >= 4 is 23.3 Å². The molecule has 6 nitrogen and oxygen atoms in total. The number of anilines is 2. The Balaban J connectivity index is 1.68. The number of aromatic nitrogens is 1. The van der Waals surface area contributed by atoms with Gasteiger partial charge in [-0.2, -0.15) is 13.2 Å². The molecule has 1 aliphatic carbocycles. The molecule has 11 heteroatoms. The van der Waals surface area contributed by atoms with E-state index in [1.54, 1.807) is 0 Å². The smallest absolute Gasteiger partial charge is 0.366 e. The van der Waals surface area contributed by atoms with Gasteiger partial charge in [0.25, 0.3) is 11.8 Å². The Bertz CT molecular complexity index is 1080. The molecule has 2 aromatic rings. The molecule has 0 atom stereocenters. The molecular weight excluding hydrogens is 435 g/mol. The maximum Gasteiger partial charge on any atom is 0.417 e. The van der Waals surface area contributed by atoms with Crippen LogP contribution < -0.4 is 16.0 Å². The monoisotopic (exact) mass is 454 g/mol. The Labute approximate surface area is 179 Å². The quantitative estimate of drug-likeness (QED) is 0.682. The number of nitrogens with one attached hydrogen (secondary N) is 1. The van der Waals surface area contributed by atoms with Gasteiger partial charge >= 0.3 is 6.18 Å². The van der Waals surface area contributed by atoms with Crippen molar-refractivity contribution < 1.29 is 31.5 Å². The van der Waals surface area contributed by atoms with Crippen molar-refractivity contribution in [1.82, 2.24) is 4.98 Å². The molecule has 1 aromatic carbocycles. The van der Waals surface area contributed by atoms with Crippen molar-refractivity contribution in [1.29, 1.82) is 0 Å². The zero-order chi connectivity index (χ0) is 23.3. The van der Waals surface area contributed by atoms with E-state index in [2.05, 4.69) is 10.3 Å². The average Bonchev–Trinajstić information content (AvgIpc) is 3.51. The first-order chi connectivity index (χ1) is 14.9. The molecular formula is C21H19F5N4O2. The lowest BCUT2D eigenvalue weighted by Crippen LogP contribution is -2.50. The number of primary amides is 1. The summed E-state index contributed by atoms with van der Waals surface area (Å²) < 4.78 is 69.1. The number of rotatable bonds is 4. The molecule has 1 saturated carbocycles. The lowest BCUT2D eigenvalue weighted by atomic mass is 9.89. The molecule has 0 bridgehead atoms. The van der Waals surface area contributed by atoms with Gasteiger partial charge in [-0.1, -0.05) is 6.07 Å². The highest BCUT2D eigenvalue weighted by molar-refractivity contribution is 6.08. The number of amides is 2. The lowest BCUT2D eigenvalue weighted by Gasteiger charge is -2.40. The number of carbonyl (C=O) groups is 2. The van der Waals surface area contributed by atoms with Crippen LogP contribution in [0.25, 0.3) is 0 Å². The molecule has 170 valence electrons. The Morgan fingerprint density at radius 2 is 1.84 bits per heavy atom. The summed E-state index contributed by atoms with van der Waals surface area (Å²) in [5.74, 6) is -5.03. The van der Waals surface area contributed by atoms with Crippen molar-refractivity contribution in [2.45, 2.75) is 31.4 Å². The number of piperidine rings is 1. The number of alkyl halides is 5. The number of hydrogen-bond acceptors (Lipinski definition) is 4. The summed E-state index contributed by atoms with van der Waals surface area (Å²) in [7, 11) is 0. The molecule has 0 radical (unpaired) electrons. The van der Waals surface area contributed by atoms with Crippen molar-refractivity contribution in [3.05, 3.63) is 53.2 Å². The van der Waals surface area contributed by atoms with Gasteiger partial charge in [-0.05, 0) is 43.5 Å². The molecule has 2 heterocycles. The van der Waals surface area contributed by atoms with Crippen molar-refractivity contribution in [3.63, 3.8) is 0 Å². The van der Waals surface area contributed by atoms with Crippen LogP contribution in [0.4, 0.5) is 33.5 Å². The predicted octanol–water partition coefficient (Wildman–Crippen LogP) is 4.08. The first-order valence-corrected chi connectivity index (χ1v) is 9.83. The fourth-order valence-corrected chi connectivity index (χ4v) is 3.95. The van der Waals surface area contributed by atoms with E-state index in [1.807, 2.05) is 0 Å². The summed E-state index contributed by atoms with van der Waals surface area (Å²) in [6, 6.07) is 6.10. The van der Waals surface area contributed by atoms with Crippen LogP contribution in [0.2, 0.25) is 0 Å². The number of halogens is 5. The van der Waals surface area contributed by atoms with Gasteiger partial charge in [0.2, 0.25) is 5.91 Å². The van der Waals surface area contributed by atoms with E-state index in [9.17, 15) is 31.5 Å². The highest BCUT2D eigenvalue weighted by Gasteiger charge is 2.64. The Kier molecular flexibility index (Phi) is 5.09. The minimum absolute atomic E-state index is 0.0793. The van der Waals surface area contributed by atoms with Gasteiger partial charge in [0.15, 0.2) is 0 Å². The van der Waals surface area contributed by atoms with Crippen LogP contribution >= 0.6 is 0 Å². The molecule has 3 N–H and O–H groups in total. The topological polar surface area (TPSA) is 88.3 Å². The molecule has 32 heavy (non-hydrogen) atoms. The largest absolute Gasteiger partial charge is 0.417 e. The molecule has 2 aliphatic rings. The zero-order valence-electron chi connectivity index (χ0n) is 16.7. The first kappa shape index (κ1) is 22.0. The number of nitrogens with zero attached hydrogens (tertiary/aromatic N) is 2. The van der Waals surface area contributed by atoms with Crippen LogP contribution in [0.3, 0.4) is 0 Å². The number of benzene rings is 1. The van der Waals surface area contributed by atoms with Gasteiger partial charge < -0.3 is 16.0 Å². The molecule has 0 unspecified atom stereocenters. The second kappa shape index (κ2) is 7.42. The van der Waals surface area contributed by atoms with Crippen LogP contribution in [0.5, 0.6) is 0 Å². The number of pyridine rings is 1. The van der Waals surface area contributed by atoms with Crippen molar-refractivity contribution in [2.24, 2.45) is 11.1 Å². The number of carbonyl (C=O) groups excluding carboxylic acids is 2. The Hall–Kier alpha value is -3.24. The molecule has 2 amide bonds. The number of hydrogen-bond donors (Lipinski definition) is 2. The predicted molar refractivity (Wildman–Crippen MR) is 106 cm³/mol. The van der Waals surface area contributed by atoms with E-state index in [0.717, 1.165) is 4.90 Å². The fourth-order valence-electron chi connectivity index (χ4n) is 3.95. The van der Waals surface area contributed by atoms with E-state index >= 15 is 0 Å². The summed E-state index contributed by atoms with van der Waals surface area (Å²) in [6.07, 6.45) is -3.30.